The molecule has 0 spiro atoms. The highest BCUT2D eigenvalue weighted by Crippen LogP contribution is 2.63. The molecule has 3 nitrogen and oxygen atoms in total. The lowest BCUT2D eigenvalue weighted by molar-refractivity contribution is -0.447. The molecule has 0 aromatic carbocycles. The third-order valence-electron chi connectivity index (χ3n) is 4.11. The van der Waals surface area contributed by atoms with Gasteiger partial charge in [-0.05, 0) is 6.42 Å². The Morgan fingerprint density at radius 3 is 1.42 bits per heavy atom. The molecule has 0 aliphatic rings. The molecule has 0 bridgehead atoms. The molecule has 0 fully saturated rings. The molecule has 0 aromatic heterocycles. The fourth-order valence-electron chi connectivity index (χ4n) is 2.27. The number of carbonyl (C=O) groups excluding carboxylic acids is 1. The van der Waals surface area contributed by atoms with Crippen LogP contribution < -0.4 is 5.73 Å². The van der Waals surface area contributed by atoms with Crippen molar-refractivity contribution in [3.63, 3.8) is 0 Å². The molecule has 0 saturated carbocycles. The third kappa shape index (κ3) is 4.85. The molecule has 0 radical (unpaired) electrons. The Morgan fingerprint density at radius 1 is 0.727 bits per heavy atom. The smallest absolute Gasteiger partial charge is 0.404 e. The summed E-state index contributed by atoms with van der Waals surface area (Å²) in [4.78, 5) is 10.6. The van der Waals surface area contributed by atoms with Gasteiger partial charge in [-0.15, -0.1) is 0 Å². The van der Waals surface area contributed by atoms with E-state index in [9.17, 15) is 75.0 Å². The van der Waals surface area contributed by atoms with E-state index in [1.807, 2.05) is 0 Å². The summed E-state index contributed by atoms with van der Waals surface area (Å²) >= 11 is 0. The largest absolute Gasteiger partial charge is 0.446 e. The zero-order valence-corrected chi connectivity index (χ0v) is 15.7. The second kappa shape index (κ2) is 9.07. The zero-order valence-electron chi connectivity index (χ0n) is 15.7. The van der Waals surface area contributed by atoms with Crippen LogP contribution in [0.3, 0.4) is 0 Å². The van der Waals surface area contributed by atoms with Gasteiger partial charge in [0.25, 0.3) is 0 Å². The first-order chi connectivity index (χ1) is 14.3. The first-order valence-electron chi connectivity index (χ1n) is 8.18. The lowest BCUT2D eigenvalue weighted by atomic mass is 9.87. The standard InChI is InChI=1S/C14H13F16NO2/c1-2-3-5(33-7(31)32)4-8(17,18)10(21,22)12(25,26)14(29,30)13(27,28)11(23,24)9(19,20)6(15)16/h5-6H,2-4H2,1H3,(H2,31,32). The average molecular weight is 531 g/mol. The molecule has 0 aromatic rings. The van der Waals surface area contributed by atoms with Crippen molar-refractivity contribution in [1.82, 2.24) is 0 Å². The average Bonchev–Trinajstić information content (AvgIpc) is 2.59. The molecule has 198 valence electrons. The lowest BCUT2D eigenvalue weighted by Crippen LogP contribution is -2.73. The van der Waals surface area contributed by atoms with Gasteiger partial charge in [-0.1, -0.05) is 13.3 Å². The van der Waals surface area contributed by atoms with Crippen LogP contribution in [0.5, 0.6) is 0 Å². The Hall–Kier alpha value is -1.85. The van der Waals surface area contributed by atoms with Crippen LogP contribution in [0.1, 0.15) is 26.2 Å². The van der Waals surface area contributed by atoms with E-state index in [1.54, 1.807) is 0 Å². The van der Waals surface area contributed by atoms with E-state index < -0.39 is 72.9 Å². The Balaban J connectivity index is 6.52. The number of amides is 1. The number of primary amides is 1. The van der Waals surface area contributed by atoms with Crippen molar-refractivity contribution in [2.45, 2.75) is 80.2 Å². The van der Waals surface area contributed by atoms with Gasteiger partial charge in [-0.2, -0.15) is 61.5 Å². The van der Waals surface area contributed by atoms with Crippen LogP contribution in [-0.2, 0) is 4.74 Å². The second-order valence-corrected chi connectivity index (χ2v) is 6.55. The summed E-state index contributed by atoms with van der Waals surface area (Å²) in [5.74, 6) is -55.0. The molecule has 33 heavy (non-hydrogen) atoms. The maximum Gasteiger partial charge on any atom is 0.404 e. The van der Waals surface area contributed by atoms with Gasteiger partial charge >= 0.3 is 54.0 Å². The summed E-state index contributed by atoms with van der Waals surface area (Å²) in [5.41, 5.74) is 4.40. The molecule has 0 rings (SSSR count). The minimum atomic E-state index is -8.46. The van der Waals surface area contributed by atoms with E-state index in [0.717, 1.165) is 6.92 Å². The first-order valence-corrected chi connectivity index (χ1v) is 8.18. The second-order valence-electron chi connectivity index (χ2n) is 6.55. The highest BCUT2D eigenvalue weighted by atomic mass is 19.4. The number of ether oxygens (including phenoxy) is 1. The lowest BCUT2D eigenvalue weighted by Gasteiger charge is -2.42. The molecule has 0 saturated heterocycles. The van der Waals surface area contributed by atoms with E-state index in [2.05, 4.69) is 10.5 Å². The van der Waals surface area contributed by atoms with E-state index in [1.165, 1.54) is 0 Å². The Bertz CT molecular complexity index is 693. The molecule has 1 unspecified atom stereocenters. The van der Waals surface area contributed by atoms with Crippen molar-refractivity contribution < 1.29 is 79.8 Å². The van der Waals surface area contributed by atoms with Crippen LogP contribution >= 0.6 is 0 Å². The summed E-state index contributed by atoms with van der Waals surface area (Å²) in [5, 5.41) is 0. The highest BCUT2D eigenvalue weighted by molar-refractivity contribution is 5.64. The summed E-state index contributed by atoms with van der Waals surface area (Å²) < 4.78 is 215. The van der Waals surface area contributed by atoms with E-state index in [4.69, 9.17) is 0 Å². The van der Waals surface area contributed by atoms with E-state index in [-0.39, 0.29) is 6.42 Å². The fourth-order valence-corrected chi connectivity index (χ4v) is 2.27. The normalized spacial score (nSPS) is 16.2. The fraction of sp³-hybridized carbons (Fsp3) is 0.929. The maximum atomic E-state index is 13.8. The Labute approximate surface area is 173 Å². The molecule has 1 amide bonds. The van der Waals surface area contributed by atoms with Crippen LogP contribution in [0, 0.1) is 0 Å². The Morgan fingerprint density at radius 2 is 1.09 bits per heavy atom. The molecule has 1 atom stereocenters. The van der Waals surface area contributed by atoms with Gasteiger partial charge in [-0.3, -0.25) is 0 Å². The van der Waals surface area contributed by atoms with Gasteiger partial charge in [0, 0.05) is 0 Å². The van der Waals surface area contributed by atoms with Gasteiger partial charge in [0.05, 0.1) is 6.42 Å². The van der Waals surface area contributed by atoms with Gasteiger partial charge in [-0.25, -0.2) is 13.6 Å². The molecule has 2 N–H and O–H groups in total. The van der Waals surface area contributed by atoms with Crippen molar-refractivity contribution in [3.05, 3.63) is 0 Å². The van der Waals surface area contributed by atoms with Gasteiger partial charge in [0.1, 0.15) is 6.10 Å². The van der Waals surface area contributed by atoms with Crippen LogP contribution in [0.4, 0.5) is 75.0 Å². The number of rotatable bonds is 12. The van der Waals surface area contributed by atoms with Gasteiger partial charge in [0.2, 0.25) is 0 Å². The molecule has 0 aliphatic heterocycles. The predicted octanol–water partition coefficient (Wildman–Crippen LogP) is 6.35. The maximum absolute atomic E-state index is 13.8. The number of hydrogen-bond donors (Lipinski definition) is 1. The molecule has 0 heterocycles. The number of hydrogen-bond acceptors (Lipinski definition) is 2. The Kier molecular flexibility index (Phi) is 8.56. The number of halogens is 16. The molecular weight excluding hydrogens is 518 g/mol. The van der Waals surface area contributed by atoms with Crippen molar-refractivity contribution in [3.8, 4) is 0 Å². The third-order valence-corrected chi connectivity index (χ3v) is 4.11. The topological polar surface area (TPSA) is 52.3 Å². The number of alkyl halides is 16. The minimum Gasteiger partial charge on any atom is -0.446 e. The van der Waals surface area contributed by atoms with Crippen LogP contribution in [0.15, 0.2) is 0 Å². The van der Waals surface area contributed by atoms with Gasteiger partial charge < -0.3 is 10.5 Å². The summed E-state index contributed by atoms with van der Waals surface area (Å²) in [6.45, 7) is 1.11. The highest BCUT2D eigenvalue weighted by Gasteiger charge is 2.93. The minimum absolute atomic E-state index is 0.320. The zero-order chi connectivity index (χ0) is 27.1. The van der Waals surface area contributed by atoms with Crippen LogP contribution in [0.25, 0.3) is 0 Å². The molecule has 19 heteroatoms. The van der Waals surface area contributed by atoms with Crippen molar-refractivity contribution in [1.29, 1.82) is 0 Å². The summed E-state index contributed by atoms with van der Waals surface area (Å²) in [7, 11) is 0. The number of carbonyl (C=O) groups is 1. The predicted molar refractivity (Wildman–Crippen MR) is 74.6 cm³/mol. The van der Waals surface area contributed by atoms with Crippen molar-refractivity contribution >= 4 is 6.09 Å². The van der Waals surface area contributed by atoms with E-state index >= 15 is 0 Å². The van der Waals surface area contributed by atoms with Crippen LogP contribution in [0.2, 0.25) is 0 Å². The monoisotopic (exact) mass is 531 g/mol. The van der Waals surface area contributed by atoms with Crippen molar-refractivity contribution in [2.75, 3.05) is 0 Å². The number of nitrogens with two attached hydrogens (primary N) is 1. The van der Waals surface area contributed by atoms with Crippen molar-refractivity contribution in [2.24, 2.45) is 5.73 Å². The van der Waals surface area contributed by atoms with E-state index in [0.29, 0.717) is 0 Å². The van der Waals surface area contributed by atoms with Gasteiger partial charge in [0.15, 0.2) is 0 Å². The molecular formula is C14H13F16NO2. The SMILES string of the molecule is CCCC(CC(F)(F)C(F)(F)C(F)(F)C(F)(F)C(F)(F)C(F)(F)C(F)(F)C(F)F)OC(N)=O. The first kappa shape index (κ1) is 31.1. The van der Waals surface area contributed by atoms with Crippen LogP contribution in [-0.4, -0.2) is 60.1 Å². The quantitative estimate of drug-likeness (QED) is 0.299. The molecule has 0 aliphatic carbocycles. The summed E-state index contributed by atoms with van der Waals surface area (Å²) in [6, 6.07) is 0. The summed E-state index contributed by atoms with van der Waals surface area (Å²) in [6.07, 6.45) is -14.3.